The lowest BCUT2D eigenvalue weighted by Gasteiger charge is -2.32. The average molecular weight is 264 g/mol. The molecule has 1 rings (SSSR count). The summed E-state index contributed by atoms with van der Waals surface area (Å²) in [4.78, 5) is 2.18. The van der Waals surface area contributed by atoms with Crippen LogP contribution in [0.25, 0.3) is 0 Å². The molecule has 1 unspecified atom stereocenters. The number of nitrogens with one attached hydrogen (secondary N) is 1. The number of benzene rings is 1. The van der Waals surface area contributed by atoms with Crippen LogP contribution in [-0.4, -0.2) is 38.2 Å². The van der Waals surface area contributed by atoms with E-state index in [2.05, 4.69) is 69.3 Å². The van der Waals surface area contributed by atoms with Gasteiger partial charge in [-0.1, -0.05) is 19.1 Å². The summed E-state index contributed by atoms with van der Waals surface area (Å²) in [6, 6.07) is 8.82. The largest absolute Gasteiger partial charge is 0.492 e. The van der Waals surface area contributed by atoms with Gasteiger partial charge in [0.25, 0.3) is 0 Å². The molecule has 1 atom stereocenters. The van der Waals surface area contributed by atoms with Crippen molar-refractivity contribution in [1.82, 2.24) is 10.2 Å². The van der Waals surface area contributed by atoms with Crippen molar-refractivity contribution in [3.8, 4) is 5.75 Å². The molecule has 0 saturated carbocycles. The Morgan fingerprint density at radius 1 is 1.21 bits per heavy atom. The van der Waals surface area contributed by atoms with E-state index >= 15 is 0 Å². The Kier molecular flexibility index (Phi) is 5.83. The monoisotopic (exact) mass is 264 g/mol. The minimum Gasteiger partial charge on any atom is -0.492 e. The molecule has 108 valence electrons. The maximum absolute atomic E-state index is 5.87. The topological polar surface area (TPSA) is 24.5 Å². The molecular formula is C16H28N2O. The van der Waals surface area contributed by atoms with Gasteiger partial charge in [0.15, 0.2) is 0 Å². The normalized spacial score (nSPS) is 13.6. The third kappa shape index (κ3) is 4.51. The summed E-state index contributed by atoms with van der Waals surface area (Å²) in [6.07, 6.45) is 1.09. The molecule has 19 heavy (non-hydrogen) atoms. The molecular weight excluding hydrogens is 236 g/mol. The van der Waals surface area contributed by atoms with Crippen LogP contribution >= 0.6 is 0 Å². The first kappa shape index (κ1) is 16.0. The first-order valence-corrected chi connectivity index (χ1v) is 6.98. The molecule has 0 fully saturated rings. The van der Waals surface area contributed by atoms with Gasteiger partial charge in [-0.15, -0.1) is 0 Å². The Labute approximate surface area is 118 Å². The van der Waals surface area contributed by atoms with Gasteiger partial charge in [-0.25, -0.2) is 0 Å². The standard InChI is InChI=1S/C16H28N2O/c1-7-15(17-4)13-8-10-14(11-9-13)19-12-16(2,3)18(5)6/h8-11,15,17H,7,12H2,1-6H3. The van der Waals surface area contributed by atoms with E-state index in [0.717, 1.165) is 12.2 Å². The number of rotatable bonds is 7. The summed E-state index contributed by atoms with van der Waals surface area (Å²) >= 11 is 0. The van der Waals surface area contributed by atoms with Gasteiger partial charge in [0.05, 0.1) is 0 Å². The van der Waals surface area contributed by atoms with Crippen LogP contribution in [0.3, 0.4) is 0 Å². The van der Waals surface area contributed by atoms with Crippen molar-refractivity contribution < 1.29 is 4.74 Å². The van der Waals surface area contributed by atoms with Gasteiger partial charge in [-0.3, -0.25) is 0 Å². The first-order chi connectivity index (χ1) is 8.90. The van der Waals surface area contributed by atoms with E-state index in [1.165, 1.54) is 5.56 Å². The molecule has 3 nitrogen and oxygen atoms in total. The minimum atomic E-state index is 0.0373. The van der Waals surface area contributed by atoms with Crippen molar-refractivity contribution >= 4 is 0 Å². The Bertz CT molecular complexity index is 367. The fourth-order valence-corrected chi connectivity index (χ4v) is 1.79. The first-order valence-electron chi connectivity index (χ1n) is 6.98. The highest BCUT2D eigenvalue weighted by Gasteiger charge is 2.21. The summed E-state index contributed by atoms with van der Waals surface area (Å²) in [6.45, 7) is 7.22. The van der Waals surface area contributed by atoms with Crippen molar-refractivity contribution in [3.05, 3.63) is 29.8 Å². The molecule has 3 heteroatoms. The lowest BCUT2D eigenvalue weighted by molar-refractivity contribution is 0.114. The fraction of sp³-hybridized carbons (Fsp3) is 0.625. The van der Waals surface area contributed by atoms with Crippen LogP contribution in [0.1, 0.15) is 38.8 Å². The highest BCUT2D eigenvalue weighted by atomic mass is 16.5. The predicted octanol–water partition coefficient (Wildman–Crippen LogP) is 3.08. The number of hydrogen-bond acceptors (Lipinski definition) is 3. The molecule has 0 amide bonds. The minimum absolute atomic E-state index is 0.0373. The van der Waals surface area contributed by atoms with Crippen LogP contribution in [0.15, 0.2) is 24.3 Å². The highest BCUT2D eigenvalue weighted by molar-refractivity contribution is 5.29. The molecule has 1 aromatic carbocycles. The van der Waals surface area contributed by atoms with Gasteiger partial charge in [0, 0.05) is 11.6 Å². The van der Waals surface area contributed by atoms with Crippen LogP contribution in [0.2, 0.25) is 0 Å². The Hall–Kier alpha value is -1.06. The van der Waals surface area contributed by atoms with Gasteiger partial charge >= 0.3 is 0 Å². The van der Waals surface area contributed by atoms with Crippen molar-refractivity contribution in [2.75, 3.05) is 27.7 Å². The lowest BCUT2D eigenvalue weighted by atomic mass is 10.0. The number of likely N-dealkylation sites (N-methyl/N-ethyl adjacent to an activating group) is 1. The Morgan fingerprint density at radius 3 is 2.21 bits per heavy atom. The number of ether oxygens (including phenoxy) is 1. The molecule has 0 aliphatic heterocycles. The second-order valence-electron chi connectivity index (χ2n) is 5.81. The van der Waals surface area contributed by atoms with E-state index in [4.69, 9.17) is 4.74 Å². The number of hydrogen-bond donors (Lipinski definition) is 1. The third-order valence-electron chi connectivity index (χ3n) is 3.84. The van der Waals surface area contributed by atoms with E-state index in [0.29, 0.717) is 12.6 Å². The Balaban J connectivity index is 2.62. The van der Waals surface area contributed by atoms with Crippen LogP contribution in [0, 0.1) is 0 Å². The molecule has 0 heterocycles. The van der Waals surface area contributed by atoms with Gasteiger partial charge in [0.1, 0.15) is 12.4 Å². The van der Waals surface area contributed by atoms with E-state index in [1.54, 1.807) is 0 Å². The molecule has 1 N–H and O–H groups in total. The van der Waals surface area contributed by atoms with E-state index in [9.17, 15) is 0 Å². The van der Waals surface area contributed by atoms with Crippen molar-refractivity contribution in [2.24, 2.45) is 0 Å². The van der Waals surface area contributed by atoms with Crippen molar-refractivity contribution in [2.45, 2.75) is 38.8 Å². The van der Waals surface area contributed by atoms with Crippen LogP contribution in [0.4, 0.5) is 0 Å². The second-order valence-corrected chi connectivity index (χ2v) is 5.81. The summed E-state index contributed by atoms with van der Waals surface area (Å²) in [5.41, 5.74) is 1.35. The molecule has 0 aliphatic rings. The lowest BCUT2D eigenvalue weighted by Crippen LogP contribution is -2.43. The molecule has 1 aromatic rings. The van der Waals surface area contributed by atoms with Crippen LogP contribution in [0.5, 0.6) is 5.75 Å². The fourth-order valence-electron chi connectivity index (χ4n) is 1.79. The summed E-state index contributed by atoms with van der Waals surface area (Å²) in [5, 5.41) is 3.31. The van der Waals surface area contributed by atoms with Gasteiger partial charge in [-0.2, -0.15) is 0 Å². The molecule has 0 bridgehead atoms. The second kappa shape index (κ2) is 6.92. The van der Waals surface area contributed by atoms with E-state index < -0.39 is 0 Å². The smallest absolute Gasteiger partial charge is 0.119 e. The van der Waals surface area contributed by atoms with E-state index in [1.807, 2.05) is 7.05 Å². The third-order valence-corrected chi connectivity index (χ3v) is 3.84. The maximum Gasteiger partial charge on any atom is 0.119 e. The summed E-state index contributed by atoms with van der Waals surface area (Å²) < 4.78 is 5.87. The zero-order chi connectivity index (χ0) is 14.5. The predicted molar refractivity (Wildman–Crippen MR) is 81.8 cm³/mol. The Morgan fingerprint density at radius 2 is 1.79 bits per heavy atom. The highest BCUT2D eigenvalue weighted by Crippen LogP contribution is 2.21. The summed E-state index contributed by atoms with van der Waals surface area (Å²) in [5.74, 6) is 0.935. The zero-order valence-corrected chi connectivity index (χ0v) is 13.2. The van der Waals surface area contributed by atoms with Crippen molar-refractivity contribution in [1.29, 1.82) is 0 Å². The number of nitrogens with zero attached hydrogens (tertiary/aromatic N) is 1. The molecule has 0 spiro atoms. The van der Waals surface area contributed by atoms with Gasteiger partial charge in [0.2, 0.25) is 0 Å². The SMILES string of the molecule is CCC(NC)c1ccc(OCC(C)(C)N(C)C)cc1. The van der Waals surface area contributed by atoms with E-state index in [-0.39, 0.29) is 5.54 Å². The van der Waals surface area contributed by atoms with Gasteiger partial charge < -0.3 is 15.0 Å². The van der Waals surface area contributed by atoms with Gasteiger partial charge in [-0.05, 0) is 59.1 Å². The zero-order valence-electron chi connectivity index (χ0n) is 13.2. The molecule has 0 saturated heterocycles. The maximum atomic E-state index is 5.87. The molecule has 0 aromatic heterocycles. The molecule has 0 aliphatic carbocycles. The van der Waals surface area contributed by atoms with Crippen LogP contribution in [-0.2, 0) is 0 Å². The van der Waals surface area contributed by atoms with Crippen molar-refractivity contribution in [3.63, 3.8) is 0 Å². The summed E-state index contributed by atoms with van der Waals surface area (Å²) in [7, 11) is 6.15. The molecule has 0 radical (unpaired) electrons. The quantitative estimate of drug-likeness (QED) is 0.819. The van der Waals surface area contributed by atoms with Crippen LogP contribution < -0.4 is 10.1 Å². The average Bonchev–Trinajstić information content (AvgIpc) is 2.39.